The average Bonchev–Trinajstić information content (AvgIpc) is 3.23. The lowest BCUT2D eigenvalue weighted by Crippen LogP contribution is -2.46. The zero-order chi connectivity index (χ0) is 20.5. The third kappa shape index (κ3) is 7.23. The molecule has 0 spiro atoms. The van der Waals surface area contributed by atoms with Crippen LogP contribution in [0.2, 0.25) is 0 Å². The highest BCUT2D eigenvalue weighted by molar-refractivity contribution is 14.0. The molecule has 0 saturated carbocycles. The molecule has 0 bridgehead atoms. The van der Waals surface area contributed by atoms with Gasteiger partial charge in [0.1, 0.15) is 5.82 Å². The van der Waals surface area contributed by atoms with Crippen LogP contribution in [0.4, 0.5) is 5.82 Å². The Bertz CT molecular complexity index is 646. The van der Waals surface area contributed by atoms with Crippen LogP contribution in [0.25, 0.3) is 0 Å². The second kappa shape index (κ2) is 13.3. The third-order valence-corrected chi connectivity index (χ3v) is 6.13. The van der Waals surface area contributed by atoms with Gasteiger partial charge in [0.2, 0.25) is 0 Å². The first-order valence-electron chi connectivity index (χ1n) is 11.4. The molecule has 2 N–H and O–H groups in total. The van der Waals surface area contributed by atoms with Gasteiger partial charge >= 0.3 is 0 Å². The molecule has 0 aromatic carbocycles. The van der Waals surface area contributed by atoms with E-state index >= 15 is 0 Å². The molecule has 0 amide bonds. The van der Waals surface area contributed by atoms with Gasteiger partial charge in [-0.25, -0.2) is 9.98 Å². The first kappa shape index (κ1) is 25.1. The fourth-order valence-electron chi connectivity index (χ4n) is 4.29. The number of nitrogens with zero attached hydrogens (tertiary/aromatic N) is 5. The summed E-state index contributed by atoms with van der Waals surface area (Å²) in [6, 6.07) is 4.90. The zero-order valence-corrected chi connectivity index (χ0v) is 21.3. The van der Waals surface area contributed by atoms with E-state index < -0.39 is 0 Å². The highest BCUT2D eigenvalue weighted by Gasteiger charge is 2.22. The summed E-state index contributed by atoms with van der Waals surface area (Å²) in [6.07, 6.45) is 4.50. The van der Waals surface area contributed by atoms with E-state index in [1.165, 1.54) is 24.9 Å². The van der Waals surface area contributed by atoms with E-state index in [0.717, 1.165) is 64.1 Å². The van der Waals surface area contributed by atoms with E-state index in [0.29, 0.717) is 12.6 Å². The smallest absolute Gasteiger partial charge is 0.191 e. The van der Waals surface area contributed by atoms with E-state index in [-0.39, 0.29) is 24.0 Å². The van der Waals surface area contributed by atoms with Gasteiger partial charge in [-0.2, -0.15) is 0 Å². The molecule has 0 radical (unpaired) electrons. The van der Waals surface area contributed by atoms with Gasteiger partial charge in [-0.3, -0.25) is 4.90 Å². The number of piperazine rings is 1. The first-order chi connectivity index (χ1) is 14.2. The minimum atomic E-state index is 0. The number of pyridine rings is 1. The molecule has 2 saturated heterocycles. The number of anilines is 1. The third-order valence-electron chi connectivity index (χ3n) is 6.13. The lowest BCUT2D eigenvalue weighted by Gasteiger charge is -2.34. The van der Waals surface area contributed by atoms with Crippen molar-refractivity contribution in [2.75, 3.05) is 63.8 Å². The van der Waals surface area contributed by atoms with Crippen LogP contribution in [0.5, 0.6) is 0 Å². The van der Waals surface area contributed by atoms with Crippen molar-refractivity contribution in [1.82, 2.24) is 25.4 Å². The number of nitrogens with one attached hydrogen (secondary N) is 2. The molecule has 1 aromatic heterocycles. The highest BCUT2D eigenvalue weighted by atomic mass is 127. The summed E-state index contributed by atoms with van der Waals surface area (Å²) in [6.45, 7) is 16.9. The number of rotatable bonds is 8. The van der Waals surface area contributed by atoms with E-state index in [1.807, 2.05) is 6.20 Å². The summed E-state index contributed by atoms with van der Waals surface area (Å²) in [7, 11) is 0. The summed E-state index contributed by atoms with van der Waals surface area (Å²) >= 11 is 0. The van der Waals surface area contributed by atoms with Gasteiger partial charge in [0, 0.05) is 51.5 Å². The highest BCUT2D eigenvalue weighted by Crippen LogP contribution is 2.17. The lowest BCUT2D eigenvalue weighted by atomic mass is 10.2. The Labute approximate surface area is 199 Å². The zero-order valence-electron chi connectivity index (χ0n) is 18.9. The second-order valence-corrected chi connectivity index (χ2v) is 7.94. The van der Waals surface area contributed by atoms with Crippen molar-refractivity contribution in [3.8, 4) is 0 Å². The summed E-state index contributed by atoms with van der Waals surface area (Å²) in [5.41, 5.74) is 1.21. The van der Waals surface area contributed by atoms with Crippen LogP contribution < -0.4 is 15.5 Å². The van der Waals surface area contributed by atoms with E-state index in [4.69, 9.17) is 4.99 Å². The Balaban J connectivity index is 0.00000320. The number of halogens is 1. The minimum Gasteiger partial charge on any atom is -0.357 e. The van der Waals surface area contributed by atoms with Gasteiger partial charge in [0.15, 0.2) is 5.96 Å². The molecule has 0 aliphatic carbocycles. The largest absolute Gasteiger partial charge is 0.357 e. The van der Waals surface area contributed by atoms with Crippen LogP contribution in [0.15, 0.2) is 23.3 Å². The molecule has 2 aliphatic rings. The van der Waals surface area contributed by atoms with Crippen molar-refractivity contribution in [3.63, 3.8) is 0 Å². The van der Waals surface area contributed by atoms with E-state index in [9.17, 15) is 0 Å². The Morgan fingerprint density at radius 1 is 1.10 bits per heavy atom. The monoisotopic (exact) mass is 529 g/mol. The maximum atomic E-state index is 4.83. The van der Waals surface area contributed by atoms with Gasteiger partial charge in [-0.1, -0.05) is 13.8 Å². The van der Waals surface area contributed by atoms with Crippen molar-refractivity contribution >= 4 is 35.8 Å². The lowest BCUT2D eigenvalue weighted by molar-refractivity contribution is 0.267. The predicted octanol–water partition coefficient (Wildman–Crippen LogP) is 2.38. The van der Waals surface area contributed by atoms with Gasteiger partial charge in [-0.15, -0.1) is 24.0 Å². The number of hydrogen-bond donors (Lipinski definition) is 2. The predicted molar refractivity (Wildman–Crippen MR) is 137 cm³/mol. The quantitative estimate of drug-likeness (QED) is 0.307. The van der Waals surface area contributed by atoms with Crippen LogP contribution in [-0.2, 0) is 6.54 Å². The van der Waals surface area contributed by atoms with Crippen molar-refractivity contribution in [1.29, 1.82) is 0 Å². The number of hydrogen-bond acceptors (Lipinski definition) is 5. The first-order valence-corrected chi connectivity index (χ1v) is 11.4. The molecule has 2 fully saturated rings. The molecular weight excluding hydrogens is 489 g/mol. The molecule has 1 atom stereocenters. The molecule has 8 heteroatoms. The summed E-state index contributed by atoms with van der Waals surface area (Å²) in [5, 5.41) is 6.94. The van der Waals surface area contributed by atoms with Gasteiger partial charge in [-0.05, 0) is 57.1 Å². The number of likely N-dealkylation sites (N-methyl/N-ethyl adjacent to an activating group) is 2. The molecule has 170 valence electrons. The Morgan fingerprint density at radius 2 is 1.90 bits per heavy atom. The van der Waals surface area contributed by atoms with Crippen LogP contribution >= 0.6 is 24.0 Å². The van der Waals surface area contributed by atoms with Crippen LogP contribution in [0.3, 0.4) is 0 Å². The van der Waals surface area contributed by atoms with Gasteiger partial charge in [0.05, 0.1) is 6.54 Å². The molecular formula is C22H40IN7. The molecule has 2 aliphatic heterocycles. The minimum absolute atomic E-state index is 0. The fourth-order valence-corrected chi connectivity index (χ4v) is 4.29. The van der Waals surface area contributed by atoms with Crippen molar-refractivity contribution in [2.45, 2.75) is 46.2 Å². The molecule has 30 heavy (non-hydrogen) atoms. The average molecular weight is 530 g/mol. The van der Waals surface area contributed by atoms with Crippen molar-refractivity contribution < 1.29 is 0 Å². The summed E-state index contributed by atoms with van der Waals surface area (Å²) in [5.74, 6) is 1.99. The molecule has 1 unspecified atom stereocenters. The number of aliphatic imine (C=N–C) groups is 1. The van der Waals surface area contributed by atoms with E-state index in [2.05, 4.69) is 63.2 Å². The maximum Gasteiger partial charge on any atom is 0.191 e. The van der Waals surface area contributed by atoms with Crippen LogP contribution in [0.1, 0.15) is 39.2 Å². The SMILES string of the molecule is CCNC(=NCc1ccnc(N2CCN(CC)CC2)c1)NCC1CCCN1CC.I. The number of likely N-dealkylation sites (tertiary alicyclic amines) is 1. The normalized spacial score (nSPS) is 20.8. The standard InChI is InChI=1S/C22H39N7.HI/c1-4-23-22(26-18-20-8-7-11-28(20)6-3)25-17-19-9-10-24-21(16-19)29-14-12-27(5-2)13-15-29;/h9-10,16,20H,4-8,11-15,17-18H2,1-3H3,(H2,23,25,26);1H. The summed E-state index contributed by atoms with van der Waals surface area (Å²) in [4.78, 5) is 16.9. The van der Waals surface area contributed by atoms with Crippen LogP contribution in [-0.4, -0.2) is 85.7 Å². The fraction of sp³-hybridized carbons (Fsp3) is 0.727. The number of aromatic nitrogens is 1. The Hall–Kier alpha value is -1.13. The van der Waals surface area contributed by atoms with Crippen molar-refractivity contribution in [3.05, 3.63) is 23.9 Å². The Morgan fingerprint density at radius 3 is 2.60 bits per heavy atom. The second-order valence-electron chi connectivity index (χ2n) is 7.94. The molecule has 3 heterocycles. The van der Waals surface area contributed by atoms with E-state index in [1.54, 1.807) is 0 Å². The number of guanidine groups is 1. The molecule has 7 nitrogen and oxygen atoms in total. The van der Waals surface area contributed by atoms with Crippen molar-refractivity contribution in [2.24, 2.45) is 4.99 Å². The Kier molecular flexibility index (Phi) is 11.2. The van der Waals surface area contributed by atoms with Gasteiger partial charge < -0.3 is 20.4 Å². The topological polar surface area (TPSA) is 59.0 Å². The maximum absolute atomic E-state index is 4.83. The van der Waals surface area contributed by atoms with Crippen LogP contribution in [0, 0.1) is 0 Å². The molecule has 3 rings (SSSR count). The molecule has 1 aromatic rings. The summed E-state index contributed by atoms with van der Waals surface area (Å²) < 4.78 is 0. The van der Waals surface area contributed by atoms with Gasteiger partial charge in [0.25, 0.3) is 0 Å².